The zero-order valence-electron chi connectivity index (χ0n) is 16.4. The van der Waals surface area contributed by atoms with Crippen LogP contribution < -0.4 is 5.32 Å². The summed E-state index contributed by atoms with van der Waals surface area (Å²) in [5.41, 5.74) is 5.99. The fourth-order valence-electron chi connectivity index (χ4n) is 4.15. The van der Waals surface area contributed by atoms with E-state index in [1.807, 2.05) is 19.2 Å². The number of nitrogens with zero attached hydrogens (tertiary/aromatic N) is 2. The van der Waals surface area contributed by atoms with Crippen LogP contribution in [0.25, 0.3) is 11.0 Å². The highest BCUT2D eigenvalue weighted by molar-refractivity contribution is 5.79. The molecule has 2 aromatic heterocycles. The third-order valence-corrected chi connectivity index (χ3v) is 5.71. The number of hydrogen-bond donors (Lipinski definition) is 2. The van der Waals surface area contributed by atoms with Crippen molar-refractivity contribution in [3.63, 3.8) is 0 Å². The first kappa shape index (κ1) is 18.0. The highest BCUT2D eigenvalue weighted by Gasteiger charge is 2.09. The largest absolute Gasteiger partial charge is 0.346 e. The molecule has 2 N–H and O–H groups in total. The molecule has 142 valence electrons. The van der Waals surface area contributed by atoms with Gasteiger partial charge in [-0.05, 0) is 61.9 Å². The van der Waals surface area contributed by atoms with Crippen molar-refractivity contribution in [3.8, 4) is 0 Å². The Labute approximate surface area is 161 Å². The topological polar surface area (TPSA) is 53.6 Å². The smallest absolute Gasteiger partial charge is 0.229 e. The second kappa shape index (κ2) is 8.55. The predicted molar refractivity (Wildman–Crippen MR) is 113 cm³/mol. The van der Waals surface area contributed by atoms with Crippen LogP contribution in [0.5, 0.6) is 0 Å². The summed E-state index contributed by atoms with van der Waals surface area (Å²) in [6, 6.07) is 8.83. The van der Waals surface area contributed by atoms with Gasteiger partial charge >= 0.3 is 0 Å². The molecule has 0 unspecified atom stereocenters. The summed E-state index contributed by atoms with van der Waals surface area (Å²) in [6.45, 7) is 2.03. The molecule has 1 aromatic carbocycles. The number of H-pyrrole nitrogens is 1. The molecule has 1 aliphatic rings. The summed E-state index contributed by atoms with van der Waals surface area (Å²) in [6.07, 6.45) is 15.2. The zero-order chi connectivity index (χ0) is 18.5. The van der Waals surface area contributed by atoms with Crippen LogP contribution in [0, 0.1) is 6.92 Å². The van der Waals surface area contributed by atoms with Gasteiger partial charge in [0.2, 0.25) is 5.95 Å². The number of anilines is 2. The van der Waals surface area contributed by atoms with E-state index in [2.05, 4.69) is 38.5 Å². The third kappa shape index (κ3) is 4.49. The molecule has 0 fully saturated rings. The standard InChI is InChI=1S/C23H30N4/c1-17-21-14-15-24-22(21)27-23(25-17)26-20-13-12-18-10-8-6-4-2-3-5-7-9-11-19(18)16-20/h12-16H,2-11H2,1H3,(H2,24,25,26,27). The minimum absolute atomic E-state index is 0.663. The van der Waals surface area contributed by atoms with Crippen LogP contribution in [0.2, 0.25) is 0 Å². The Kier molecular flexibility index (Phi) is 5.71. The molecular weight excluding hydrogens is 332 g/mol. The molecule has 0 aliphatic heterocycles. The molecule has 0 bridgehead atoms. The first-order valence-corrected chi connectivity index (χ1v) is 10.5. The van der Waals surface area contributed by atoms with Crippen LogP contribution in [-0.4, -0.2) is 15.0 Å². The van der Waals surface area contributed by atoms with Crippen LogP contribution in [0.3, 0.4) is 0 Å². The fourth-order valence-corrected chi connectivity index (χ4v) is 4.15. The van der Waals surface area contributed by atoms with E-state index in [4.69, 9.17) is 0 Å². The Morgan fingerprint density at radius 2 is 1.52 bits per heavy atom. The lowest BCUT2D eigenvalue weighted by atomic mass is 9.94. The molecule has 4 heteroatoms. The van der Waals surface area contributed by atoms with E-state index in [0.29, 0.717) is 5.95 Å². The average Bonchev–Trinajstić information content (AvgIpc) is 3.12. The monoisotopic (exact) mass is 362 g/mol. The number of aromatic amines is 1. The van der Waals surface area contributed by atoms with E-state index < -0.39 is 0 Å². The van der Waals surface area contributed by atoms with Gasteiger partial charge in [-0.25, -0.2) is 4.98 Å². The van der Waals surface area contributed by atoms with E-state index in [-0.39, 0.29) is 0 Å². The zero-order valence-corrected chi connectivity index (χ0v) is 16.4. The van der Waals surface area contributed by atoms with Crippen molar-refractivity contribution in [1.82, 2.24) is 15.0 Å². The van der Waals surface area contributed by atoms with Crippen molar-refractivity contribution < 1.29 is 0 Å². The highest BCUT2D eigenvalue weighted by atomic mass is 15.1. The van der Waals surface area contributed by atoms with E-state index in [1.54, 1.807) is 0 Å². The minimum Gasteiger partial charge on any atom is -0.346 e. The lowest BCUT2D eigenvalue weighted by Crippen LogP contribution is -2.02. The molecule has 0 spiro atoms. The molecular formula is C23H30N4. The quantitative estimate of drug-likeness (QED) is 0.568. The van der Waals surface area contributed by atoms with E-state index in [9.17, 15) is 0 Å². The summed E-state index contributed by atoms with van der Waals surface area (Å²) >= 11 is 0. The van der Waals surface area contributed by atoms with Gasteiger partial charge < -0.3 is 10.3 Å². The lowest BCUT2D eigenvalue weighted by molar-refractivity contribution is 0.560. The summed E-state index contributed by atoms with van der Waals surface area (Å²) in [7, 11) is 0. The van der Waals surface area contributed by atoms with Crippen LogP contribution in [-0.2, 0) is 12.8 Å². The molecule has 0 atom stereocenters. The molecule has 0 amide bonds. The summed E-state index contributed by atoms with van der Waals surface area (Å²) in [5.74, 6) is 0.663. The molecule has 4 nitrogen and oxygen atoms in total. The van der Waals surface area contributed by atoms with Crippen molar-refractivity contribution in [1.29, 1.82) is 0 Å². The molecule has 1 aliphatic carbocycles. The van der Waals surface area contributed by atoms with Gasteiger partial charge in [0.1, 0.15) is 5.65 Å². The number of rotatable bonds is 2. The highest BCUT2D eigenvalue weighted by Crippen LogP contribution is 2.24. The number of benzene rings is 1. The lowest BCUT2D eigenvalue weighted by Gasteiger charge is -2.14. The minimum atomic E-state index is 0.663. The predicted octanol–water partition coefficient (Wildman–Crippen LogP) is 6.23. The summed E-state index contributed by atoms with van der Waals surface area (Å²) in [4.78, 5) is 12.4. The first-order valence-electron chi connectivity index (χ1n) is 10.5. The molecule has 0 saturated carbocycles. The van der Waals surface area contributed by atoms with Gasteiger partial charge in [0, 0.05) is 17.3 Å². The van der Waals surface area contributed by atoms with Crippen molar-refractivity contribution in [3.05, 3.63) is 47.3 Å². The van der Waals surface area contributed by atoms with Gasteiger partial charge in [0.15, 0.2) is 0 Å². The molecule has 4 rings (SSSR count). The number of aryl methyl sites for hydroxylation is 3. The summed E-state index contributed by atoms with van der Waals surface area (Å²) in [5, 5.41) is 4.50. The Hall–Kier alpha value is -2.36. The molecule has 3 aromatic rings. The van der Waals surface area contributed by atoms with Gasteiger partial charge in [0.25, 0.3) is 0 Å². The van der Waals surface area contributed by atoms with Crippen LogP contribution in [0.4, 0.5) is 11.6 Å². The molecule has 2 heterocycles. The number of fused-ring (bicyclic) bond motifs is 2. The maximum Gasteiger partial charge on any atom is 0.229 e. The van der Waals surface area contributed by atoms with E-state index >= 15 is 0 Å². The molecule has 0 radical (unpaired) electrons. The number of hydrogen-bond acceptors (Lipinski definition) is 3. The summed E-state index contributed by atoms with van der Waals surface area (Å²) < 4.78 is 0. The van der Waals surface area contributed by atoms with Crippen molar-refractivity contribution >= 4 is 22.7 Å². The van der Waals surface area contributed by atoms with E-state index in [0.717, 1.165) is 22.4 Å². The van der Waals surface area contributed by atoms with Crippen molar-refractivity contribution in [2.75, 3.05) is 5.32 Å². The molecule has 27 heavy (non-hydrogen) atoms. The van der Waals surface area contributed by atoms with Crippen LogP contribution in [0.15, 0.2) is 30.5 Å². The Morgan fingerprint density at radius 1 is 0.815 bits per heavy atom. The normalized spacial score (nSPS) is 16.3. The van der Waals surface area contributed by atoms with Crippen LogP contribution in [0.1, 0.15) is 68.2 Å². The fraction of sp³-hybridized carbons (Fsp3) is 0.478. The van der Waals surface area contributed by atoms with Gasteiger partial charge in [-0.1, -0.05) is 44.6 Å². The van der Waals surface area contributed by atoms with Gasteiger partial charge in [-0.15, -0.1) is 0 Å². The van der Waals surface area contributed by atoms with Gasteiger partial charge in [-0.3, -0.25) is 0 Å². The number of aromatic nitrogens is 3. The second-order valence-electron chi connectivity index (χ2n) is 7.81. The van der Waals surface area contributed by atoms with Gasteiger partial charge in [-0.2, -0.15) is 4.98 Å². The third-order valence-electron chi connectivity index (χ3n) is 5.71. The van der Waals surface area contributed by atoms with Crippen molar-refractivity contribution in [2.45, 2.75) is 71.1 Å². The first-order chi connectivity index (χ1) is 13.3. The Bertz CT molecular complexity index is 897. The average molecular weight is 363 g/mol. The molecule has 0 saturated heterocycles. The van der Waals surface area contributed by atoms with Gasteiger partial charge in [0.05, 0.1) is 5.69 Å². The van der Waals surface area contributed by atoms with Crippen LogP contribution >= 0.6 is 0 Å². The SMILES string of the molecule is Cc1nc(Nc2ccc3c(c2)CCCCCCCCCC3)nc2[nH]ccc12. The maximum atomic E-state index is 4.62. The Balaban J connectivity index is 1.54. The van der Waals surface area contributed by atoms with Crippen molar-refractivity contribution in [2.24, 2.45) is 0 Å². The maximum absolute atomic E-state index is 4.62. The second-order valence-corrected chi connectivity index (χ2v) is 7.81. The number of nitrogens with one attached hydrogen (secondary N) is 2. The Morgan fingerprint density at radius 3 is 2.30 bits per heavy atom. The van der Waals surface area contributed by atoms with E-state index in [1.165, 1.54) is 75.3 Å².